The predicted octanol–water partition coefficient (Wildman–Crippen LogP) is 4.34. The van der Waals surface area contributed by atoms with Crippen LogP contribution in [0.15, 0.2) is 46.9 Å². The normalized spacial score (nSPS) is 17.3. The third-order valence-electron chi connectivity index (χ3n) is 3.56. The summed E-state index contributed by atoms with van der Waals surface area (Å²) in [7, 11) is 0. The summed E-state index contributed by atoms with van der Waals surface area (Å²) < 4.78 is 71.0. The van der Waals surface area contributed by atoms with Crippen LogP contribution in [0.25, 0.3) is 0 Å². The molecule has 0 bridgehead atoms. The van der Waals surface area contributed by atoms with Crippen molar-refractivity contribution in [2.75, 3.05) is 0 Å². The number of nitrogens with two attached hydrogens (primary N) is 1. The van der Waals surface area contributed by atoms with Crippen LogP contribution in [-0.4, -0.2) is 17.2 Å². The van der Waals surface area contributed by atoms with Crippen molar-refractivity contribution in [3.05, 3.63) is 65.2 Å². The zero-order valence-corrected chi connectivity index (χ0v) is 13.8. The standard InChI is InChI=1S/C16H12F5N3OS/c17-12-6-1-9(7-13(12)18)8-24-14(26-23-15(24)22)10-2-4-11(5-3-10)25-16(19,20)21/h1-7,14H,8H2,(H2,22,23). The quantitative estimate of drug-likeness (QED) is 0.624. The Balaban J connectivity index is 1.77. The summed E-state index contributed by atoms with van der Waals surface area (Å²) in [6.07, 6.45) is -4.77. The number of guanidine groups is 1. The van der Waals surface area contributed by atoms with Gasteiger partial charge in [-0.25, -0.2) is 8.78 Å². The topological polar surface area (TPSA) is 50.9 Å². The van der Waals surface area contributed by atoms with Crippen LogP contribution in [0.1, 0.15) is 16.5 Å². The number of halogens is 5. The Labute approximate surface area is 149 Å². The molecule has 26 heavy (non-hydrogen) atoms. The van der Waals surface area contributed by atoms with E-state index in [0.29, 0.717) is 11.1 Å². The molecule has 1 unspecified atom stereocenters. The zero-order valence-electron chi connectivity index (χ0n) is 13.0. The van der Waals surface area contributed by atoms with Crippen LogP contribution in [0.4, 0.5) is 22.0 Å². The van der Waals surface area contributed by atoms with E-state index in [1.807, 2.05) is 0 Å². The van der Waals surface area contributed by atoms with E-state index in [-0.39, 0.29) is 18.3 Å². The van der Waals surface area contributed by atoms with E-state index in [2.05, 4.69) is 9.13 Å². The Morgan fingerprint density at radius 2 is 1.77 bits per heavy atom. The largest absolute Gasteiger partial charge is 0.573 e. The van der Waals surface area contributed by atoms with Crippen LogP contribution in [0.5, 0.6) is 5.75 Å². The van der Waals surface area contributed by atoms with Gasteiger partial charge in [0.15, 0.2) is 11.6 Å². The van der Waals surface area contributed by atoms with E-state index in [0.717, 1.165) is 24.1 Å². The summed E-state index contributed by atoms with van der Waals surface area (Å²) in [6, 6.07) is 8.80. The SMILES string of the molecule is NC1=NSC(c2ccc(OC(F)(F)F)cc2)N1Cc1ccc(F)c(F)c1. The molecule has 0 fully saturated rings. The highest BCUT2D eigenvalue weighted by Gasteiger charge is 2.32. The first-order valence-electron chi connectivity index (χ1n) is 7.28. The molecule has 0 saturated carbocycles. The molecular formula is C16H12F5N3OS. The Morgan fingerprint density at radius 1 is 1.08 bits per heavy atom. The third kappa shape index (κ3) is 4.18. The smallest absolute Gasteiger partial charge is 0.406 e. The van der Waals surface area contributed by atoms with Crippen molar-refractivity contribution >= 4 is 17.9 Å². The highest BCUT2D eigenvalue weighted by atomic mass is 32.2. The average molecular weight is 389 g/mol. The summed E-state index contributed by atoms with van der Waals surface area (Å²) in [5.74, 6) is -2.09. The molecule has 1 atom stereocenters. The van der Waals surface area contributed by atoms with Crippen molar-refractivity contribution in [3.8, 4) is 5.75 Å². The monoisotopic (exact) mass is 389 g/mol. The van der Waals surface area contributed by atoms with E-state index in [4.69, 9.17) is 5.73 Å². The molecule has 2 N–H and O–H groups in total. The molecule has 0 radical (unpaired) electrons. The Bertz CT molecular complexity index is 826. The van der Waals surface area contributed by atoms with Gasteiger partial charge in [0.25, 0.3) is 0 Å². The highest BCUT2D eigenvalue weighted by molar-refractivity contribution is 7.98. The van der Waals surface area contributed by atoms with Crippen LogP contribution in [-0.2, 0) is 6.54 Å². The van der Waals surface area contributed by atoms with Gasteiger partial charge >= 0.3 is 6.36 Å². The lowest BCUT2D eigenvalue weighted by Gasteiger charge is -2.25. The lowest BCUT2D eigenvalue weighted by molar-refractivity contribution is -0.274. The molecule has 4 nitrogen and oxygen atoms in total. The van der Waals surface area contributed by atoms with Crippen molar-refractivity contribution in [2.24, 2.45) is 10.1 Å². The molecular weight excluding hydrogens is 377 g/mol. The fraction of sp³-hybridized carbons (Fsp3) is 0.188. The van der Waals surface area contributed by atoms with E-state index in [1.54, 1.807) is 4.90 Å². The van der Waals surface area contributed by atoms with Crippen molar-refractivity contribution in [1.29, 1.82) is 0 Å². The van der Waals surface area contributed by atoms with Crippen molar-refractivity contribution in [2.45, 2.75) is 18.3 Å². The van der Waals surface area contributed by atoms with Gasteiger partial charge in [0.2, 0.25) is 5.96 Å². The van der Waals surface area contributed by atoms with E-state index in [9.17, 15) is 22.0 Å². The van der Waals surface area contributed by atoms with Gasteiger partial charge in [-0.3, -0.25) is 0 Å². The fourth-order valence-corrected chi connectivity index (χ4v) is 3.29. The molecule has 0 spiro atoms. The molecule has 1 aliphatic rings. The van der Waals surface area contributed by atoms with E-state index in [1.165, 1.54) is 30.3 Å². The molecule has 0 aromatic heterocycles. The molecule has 1 aliphatic heterocycles. The number of benzene rings is 2. The maximum atomic E-state index is 13.4. The first-order valence-corrected chi connectivity index (χ1v) is 8.12. The number of rotatable bonds is 4. The molecule has 10 heteroatoms. The highest BCUT2D eigenvalue weighted by Crippen LogP contribution is 2.40. The molecule has 0 saturated heterocycles. The van der Waals surface area contributed by atoms with Gasteiger partial charge in [-0.1, -0.05) is 18.2 Å². The number of hydrogen-bond acceptors (Lipinski definition) is 5. The van der Waals surface area contributed by atoms with Gasteiger partial charge in [0.05, 0.1) is 0 Å². The second-order valence-electron chi connectivity index (χ2n) is 5.40. The second-order valence-corrected chi connectivity index (χ2v) is 6.24. The number of alkyl halides is 3. The molecule has 138 valence electrons. The van der Waals surface area contributed by atoms with Gasteiger partial charge < -0.3 is 15.4 Å². The minimum absolute atomic E-state index is 0.158. The lowest BCUT2D eigenvalue weighted by Crippen LogP contribution is -2.34. The molecule has 0 aliphatic carbocycles. The maximum absolute atomic E-state index is 13.4. The van der Waals surface area contributed by atoms with Gasteiger partial charge in [-0.05, 0) is 35.4 Å². The van der Waals surface area contributed by atoms with Gasteiger partial charge in [-0.2, -0.15) is 4.40 Å². The van der Waals surface area contributed by atoms with Crippen LogP contribution in [0, 0.1) is 11.6 Å². The van der Waals surface area contributed by atoms with Crippen LogP contribution >= 0.6 is 11.9 Å². The van der Waals surface area contributed by atoms with Crippen molar-refractivity contribution in [1.82, 2.24) is 4.90 Å². The summed E-state index contributed by atoms with van der Waals surface area (Å²) >= 11 is 1.12. The van der Waals surface area contributed by atoms with Crippen LogP contribution < -0.4 is 10.5 Å². The summed E-state index contributed by atoms with van der Waals surface area (Å²) in [5, 5.41) is -0.414. The predicted molar refractivity (Wildman–Crippen MR) is 87.0 cm³/mol. The molecule has 2 aromatic rings. The fourth-order valence-electron chi connectivity index (χ4n) is 2.41. The number of ether oxygens (including phenoxy) is 1. The van der Waals surface area contributed by atoms with Crippen LogP contribution in [0.2, 0.25) is 0 Å². The van der Waals surface area contributed by atoms with E-state index < -0.39 is 23.4 Å². The maximum Gasteiger partial charge on any atom is 0.573 e. The summed E-state index contributed by atoms with van der Waals surface area (Å²) in [5.41, 5.74) is 6.96. The summed E-state index contributed by atoms with van der Waals surface area (Å²) in [6.45, 7) is 0.158. The Hall–Kier alpha value is -2.49. The molecule has 0 amide bonds. The summed E-state index contributed by atoms with van der Waals surface area (Å²) in [4.78, 5) is 1.64. The van der Waals surface area contributed by atoms with Crippen LogP contribution in [0.3, 0.4) is 0 Å². The lowest BCUT2D eigenvalue weighted by atomic mass is 10.1. The van der Waals surface area contributed by atoms with Crippen molar-refractivity contribution in [3.63, 3.8) is 0 Å². The third-order valence-corrected chi connectivity index (χ3v) is 4.58. The van der Waals surface area contributed by atoms with Gasteiger partial charge in [0, 0.05) is 18.5 Å². The van der Waals surface area contributed by atoms with E-state index >= 15 is 0 Å². The number of hydrogen-bond donors (Lipinski definition) is 1. The second kappa shape index (κ2) is 7.02. The Kier molecular flexibility index (Phi) is 4.94. The molecule has 1 heterocycles. The minimum atomic E-state index is -4.77. The molecule has 3 rings (SSSR count). The van der Waals surface area contributed by atoms with Crippen molar-refractivity contribution < 1.29 is 26.7 Å². The number of nitrogens with zero attached hydrogens (tertiary/aromatic N) is 2. The first-order chi connectivity index (χ1) is 12.2. The Morgan fingerprint density at radius 3 is 2.38 bits per heavy atom. The average Bonchev–Trinajstić information content (AvgIpc) is 2.91. The van der Waals surface area contributed by atoms with Gasteiger partial charge in [-0.15, -0.1) is 13.2 Å². The first kappa shape index (κ1) is 18.3. The zero-order chi connectivity index (χ0) is 18.9. The molecule has 2 aromatic carbocycles. The van der Waals surface area contributed by atoms with Gasteiger partial charge in [0.1, 0.15) is 11.1 Å². The minimum Gasteiger partial charge on any atom is -0.406 e.